The van der Waals surface area contributed by atoms with E-state index in [1.54, 1.807) is 18.9 Å². The fraction of sp³-hybridized carbons (Fsp3) is 0.818. The van der Waals surface area contributed by atoms with E-state index in [9.17, 15) is 9.59 Å². The van der Waals surface area contributed by atoms with E-state index in [1.807, 2.05) is 6.92 Å². The molecule has 0 aromatic carbocycles. The zero-order chi connectivity index (χ0) is 13.3. The Kier molecular flexibility index (Phi) is 8.35. The van der Waals surface area contributed by atoms with Gasteiger partial charge in [0.1, 0.15) is 0 Å². The van der Waals surface area contributed by atoms with Gasteiger partial charge in [-0.2, -0.15) is 0 Å². The maximum absolute atomic E-state index is 11.7. The van der Waals surface area contributed by atoms with Crippen LogP contribution in [0.5, 0.6) is 0 Å². The molecule has 0 saturated carbocycles. The average molecular weight is 246 g/mol. The first kappa shape index (κ1) is 15.9. The summed E-state index contributed by atoms with van der Waals surface area (Å²) in [4.78, 5) is 24.0. The highest BCUT2D eigenvalue weighted by atomic mass is 16.5. The minimum absolute atomic E-state index is 0.149. The molecule has 6 heteroatoms. The summed E-state index contributed by atoms with van der Waals surface area (Å²) in [5.41, 5.74) is 0. The molecule has 0 aliphatic rings. The number of ether oxygens (including phenoxy) is 1. The van der Waals surface area contributed by atoms with Crippen molar-refractivity contribution in [2.24, 2.45) is 0 Å². The second-order valence-corrected chi connectivity index (χ2v) is 3.82. The Balaban J connectivity index is 4.33. The summed E-state index contributed by atoms with van der Waals surface area (Å²) in [5.74, 6) is -1.10. The number of hydrogen-bond donors (Lipinski definition) is 2. The van der Waals surface area contributed by atoms with Crippen molar-refractivity contribution in [3.63, 3.8) is 0 Å². The molecule has 0 heterocycles. The predicted octanol–water partition coefficient (Wildman–Crippen LogP) is -0.0659. The third-order valence-corrected chi connectivity index (χ3v) is 2.40. The van der Waals surface area contributed by atoms with E-state index in [4.69, 9.17) is 9.84 Å². The Morgan fingerprint density at radius 3 is 2.59 bits per heavy atom. The van der Waals surface area contributed by atoms with Gasteiger partial charge in [0, 0.05) is 20.2 Å². The Morgan fingerprint density at radius 1 is 1.47 bits per heavy atom. The maximum atomic E-state index is 11.7. The van der Waals surface area contributed by atoms with Gasteiger partial charge >= 0.3 is 5.97 Å². The number of nitrogens with zero attached hydrogens (tertiary/aromatic N) is 1. The molecule has 0 rings (SSSR count). The molecule has 0 radical (unpaired) electrons. The Morgan fingerprint density at radius 2 is 2.12 bits per heavy atom. The number of carbonyl (C=O) groups is 2. The average Bonchev–Trinajstić information content (AvgIpc) is 2.29. The van der Waals surface area contributed by atoms with E-state index in [0.717, 1.165) is 6.42 Å². The van der Waals surface area contributed by atoms with Crippen LogP contribution in [-0.2, 0) is 14.3 Å². The summed E-state index contributed by atoms with van der Waals surface area (Å²) in [6.07, 6.45) is 0.857. The molecule has 0 aromatic heterocycles. The number of aliphatic carboxylic acids is 1. The second kappa shape index (κ2) is 8.95. The van der Waals surface area contributed by atoms with Gasteiger partial charge in [0.25, 0.3) is 0 Å². The lowest BCUT2D eigenvalue weighted by Gasteiger charge is -2.26. The molecule has 1 unspecified atom stereocenters. The molecule has 0 saturated heterocycles. The van der Waals surface area contributed by atoms with Gasteiger partial charge in [0.15, 0.2) is 0 Å². The van der Waals surface area contributed by atoms with Crippen LogP contribution in [-0.4, -0.2) is 61.3 Å². The van der Waals surface area contributed by atoms with Gasteiger partial charge in [-0.25, -0.2) is 0 Å². The van der Waals surface area contributed by atoms with Crippen molar-refractivity contribution in [3.05, 3.63) is 0 Å². The Hall–Kier alpha value is -1.14. The van der Waals surface area contributed by atoms with Crippen LogP contribution in [0.4, 0.5) is 0 Å². The lowest BCUT2D eigenvalue weighted by atomic mass is 10.2. The summed E-state index contributed by atoms with van der Waals surface area (Å²) in [6.45, 7) is 4.93. The van der Waals surface area contributed by atoms with Crippen molar-refractivity contribution in [1.82, 2.24) is 10.2 Å². The summed E-state index contributed by atoms with van der Waals surface area (Å²) in [5, 5.41) is 11.5. The summed E-state index contributed by atoms with van der Waals surface area (Å²) < 4.78 is 4.90. The summed E-state index contributed by atoms with van der Waals surface area (Å²) in [6, 6.07) is -0.465. The molecule has 0 aromatic rings. The lowest BCUT2D eigenvalue weighted by Crippen LogP contribution is -2.48. The Labute approximate surface area is 102 Å². The van der Waals surface area contributed by atoms with Crippen molar-refractivity contribution in [1.29, 1.82) is 0 Å². The molecule has 0 aliphatic carbocycles. The van der Waals surface area contributed by atoms with Crippen LogP contribution in [0.15, 0.2) is 0 Å². The standard InChI is InChI=1S/C11H22N2O4/c1-4-5-12-11(16)9(2)13(6-7-17-3)8-10(14)15/h9H,4-8H2,1-3H3,(H,12,16)(H,14,15). The minimum atomic E-state index is -0.948. The van der Waals surface area contributed by atoms with Crippen LogP contribution in [0.3, 0.4) is 0 Å². The fourth-order valence-electron chi connectivity index (χ4n) is 1.35. The quantitative estimate of drug-likeness (QED) is 0.595. The number of carboxylic acids is 1. The van der Waals surface area contributed by atoms with Gasteiger partial charge in [0.2, 0.25) is 5.91 Å². The summed E-state index contributed by atoms with van der Waals surface area (Å²) in [7, 11) is 1.54. The minimum Gasteiger partial charge on any atom is -0.480 e. The molecule has 6 nitrogen and oxygen atoms in total. The van der Waals surface area contributed by atoms with Crippen molar-refractivity contribution in [2.75, 3.05) is 33.4 Å². The van der Waals surface area contributed by atoms with Gasteiger partial charge in [-0.05, 0) is 13.3 Å². The van der Waals surface area contributed by atoms with Crippen LogP contribution in [0.25, 0.3) is 0 Å². The molecule has 0 bridgehead atoms. The summed E-state index contributed by atoms with van der Waals surface area (Å²) >= 11 is 0. The largest absolute Gasteiger partial charge is 0.480 e. The molecule has 1 atom stereocenters. The molecule has 0 aliphatic heterocycles. The number of nitrogens with one attached hydrogen (secondary N) is 1. The predicted molar refractivity (Wildman–Crippen MR) is 63.8 cm³/mol. The monoisotopic (exact) mass is 246 g/mol. The van der Waals surface area contributed by atoms with Gasteiger partial charge < -0.3 is 15.2 Å². The highest BCUT2D eigenvalue weighted by molar-refractivity contribution is 5.82. The third kappa shape index (κ3) is 6.91. The highest BCUT2D eigenvalue weighted by Crippen LogP contribution is 1.99. The number of carbonyl (C=O) groups excluding carboxylic acids is 1. The fourth-order valence-corrected chi connectivity index (χ4v) is 1.35. The van der Waals surface area contributed by atoms with Crippen molar-refractivity contribution in [2.45, 2.75) is 26.3 Å². The van der Waals surface area contributed by atoms with Crippen molar-refractivity contribution in [3.8, 4) is 0 Å². The number of amides is 1. The van der Waals surface area contributed by atoms with E-state index < -0.39 is 12.0 Å². The van der Waals surface area contributed by atoms with Crippen LogP contribution >= 0.6 is 0 Å². The van der Waals surface area contributed by atoms with Gasteiger partial charge in [0.05, 0.1) is 19.2 Å². The normalized spacial score (nSPS) is 12.5. The maximum Gasteiger partial charge on any atom is 0.317 e. The van der Waals surface area contributed by atoms with Gasteiger partial charge in [-0.1, -0.05) is 6.92 Å². The molecule has 100 valence electrons. The van der Waals surface area contributed by atoms with E-state index >= 15 is 0 Å². The first-order valence-corrected chi connectivity index (χ1v) is 5.75. The molecule has 1 amide bonds. The molecular weight excluding hydrogens is 224 g/mol. The van der Waals surface area contributed by atoms with E-state index in [0.29, 0.717) is 19.7 Å². The number of rotatable bonds is 9. The third-order valence-electron chi connectivity index (χ3n) is 2.40. The lowest BCUT2D eigenvalue weighted by molar-refractivity contribution is -0.140. The number of methoxy groups -OCH3 is 1. The molecule has 0 fully saturated rings. The zero-order valence-corrected chi connectivity index (χ0v) is 10.7. The highest BCUT2D eigenvalue weighted by Gasteiger charge is 2.22. The molecule has 0 spiro atoms. The van der Waals surface area contributed by atoms with Gasteiger partial charge in [-0.15, -0.1) is 0 Å². The van der Waals surface area contributed by atoms with Crippen molar-refractivity contribution >= 4 is 11.9 Å². The molecular formula is C11H22N2O4. The van der Waals surface area contributed by atoms with Crippen LogP contribution in [0, 0.1) is 0 Å². The van der Waals surface area contributed by atoms with E-state index in [1.165, 1.54) is 0 Å². The van der Waals surface area contributed by atoms with Crippen molar-refractivity contribution < 1.29 is 19.4 Å². The van der Waals surface area contributed by atoms with E-state index in [2.05, 4.69) is 5.32 Å². The number of carboxylic acid groups (broad SMARTS) is 1. The SMILES string of the molecule is CCCNC(=O)C(C)N(CCOC)CC(=O)O. The first-order valence-electron chi connectivity index (χ1n) is 5.75. The van der Waals surface area contributed by atoms with Crippen LogP contribution in [0.1, 0.15) is 20.3 Å². The second-order valence-electron chi connectivity index (χ2n) is 3.82. The smallest absolute Gasteiger partial charge is 0.317 e. The van der Waals surface area contributed by atoms with Crippen LogP contribution in [0.2, 0.25) is 0 Å². The Bertz CT molecular complexity index is 246. The van der Waals surface area contributed by atoms with Crippen LogP contribution < -0.4 is 5.32 Å². The van der Waals surface area contributed by atoms with E-state index in [-0.39, 0.29) is 12.5 Å². The zero-order valence-electron chi connectivity index (χ0n) is 10.7. The van der Waals surface area contributed by atoms with Gasteiger partial charge in [-0.3, -0.25) is 14.5 Å². The first-order chi connectivity index (χ1) is 8.02. The number of hydrogen-bond acceptors (Lipinski definition) is 4. The topological polar surface area (TPSA) is 78.9 Å². The molecule has 2 N–H and O–H groups in total. The molecule has 17 heavy (non-hydrogen) atoms.